The fourth-order valence-electron chi connectivity index (χ4n) is 1.53. The van der Waals surface area contributed by atoms with Crippen LogP contribution in [0.2, 0.25) is 0 Å². The van der Waals surface area contributed by atoms with Crippen LogP contribution in [0.1, 0.15) is 27.7 Å². The molecule has 1 atom stereocenters. The topological polar surface area (TPSA) is 34.9 Å². The number of rotatable bonds is 3. The van der Waals surface area contributed by atoms with Gasteiger partial charge in [-0.05, 0) is 0 Å². The normalized spacial score (nSPS) is 14.0. The zero-order chi connectivity index (χ0) is 10.8. The molecule has 3 heteroatoms. The van der Waals surface area contributed by atoms with Crippen molar-refractivity contribution in [3.05, 3.63) is 18.7 Å². The molecule has 1 aromatic heterocycles. The number of carbonyl (C=O) groups is 1. The summed E-state index contributed by atoms with van der Waals surface area (Å²) in [5.41, 5.74) is -0.250. The molecular formula is C11H18N2O. The maximum absolute atomic E-state index is 11.9. The van der Waals surface area contributed by atoms with Gasteiger partial charge in [0.05, 0.1) is 6.33 Å². The largest absolute Gasteiger partial charge is 0.337 e. The van der Waals surface area contributed by atoms with Crippen molar-refractivity contribution >= 4 is 5.78 Å². The van der Waals surface area contributed by atoms with Crippen LogP contribution in [0.25, 0.3) is 0 Å². The second-order valence-electron chi connectivity index (χ2n) is 4.77. The monoisotopic (exact) mass is 194 g/mol. The maximum Gasteiger partial charge on any atom is 0.142 e. The number of ketones is 1. The first-order valence-corrected chi connectivity index (χ1v) is 4.91. The van der Waals surface area contributed by atoms with Crippen molar-refractivity contribution in [2.75, 3.05) is 0 Å². The van der Waals surface area contributed by atoms with E-state index in [1.807, 2.05) is 38.5 Å². The highest BCUT2D eigenvalue weighted by Gasteiger charge is 2.26. The Bertz CT molecular complexity index is 296. The van der Waals surface area contributed by atoms with Crippen LogP contribution < -0.4 is 0 Å². The van der Waals surface area contributed by atoms with Crippen molar-refractivity contribution in [2.24, 2.45) is 11.3 Å². The molecule has 1 heterocycles. The van der Waals surface area contributed by atoms with Crippen molar-refractivity contribution < 1.29 is 4.79 Å². The summed E-state index contributed by atoms with van der Waals surface area (Å²) in [6.07, 6.45) is 5.35. The molecule has 3 nitrogen and oxygen atoms in total. The highest BCUT2D eigenvalue weighted by atomic mass is 16.1. The predicted molar refractivity (Wildman–Crippen MR) is 55.9 cm³/mol. The summed E-state index contributed by atoms with van der Waals surface area (Å²) in [5.74, 6) is 0.343. The number of Topliss-reactive ketones (excluding diaryl/α,β-unsaturated/α-hetero) is 1. The zero-order valence-electron chi connectivity index (χ0n) is 9.32. The minimum Gasteiger partial charge on any atom is -0.337 e. The van der Waals surface area contributed by atoms with E-state index in [1.54, 1.807) is 12.5 Å². The summed E-state index contributed by atoms with van der Waals surface area (Å²) in [4.78, 5) is 15.8. The number of aromatic nitrogens is 2. The molecule has 0 bridgehead atoms. The van der Waals surface area contributed by atoms with E-state index in [9.17, 15) is 4.79 Å². The van der Waals surface area contributed by atoms with Crippen molar-refractivity contribution in [3.8, 4) is 0 Å². The molecule has 0 amide bonds. The molecule has 0 fully saturated rings. The summed E-state index contributed by atoms with van der Waals surface area (Å²) in [6.45, 7) is 8.56. The van der Waals surface area contributed by atoms with E-state index in [1.165, 1.54) is 0 Å². The van der Waals surface area contributed by atoms with Crippen molar-refractivity contribution in [1.82, 2.24) is 9.55 Å². The Balaban J connectivity index is 2.59. The van der Waals surface area contributed by atoms with Crippen LogP contribution in [0.5, 0.6) is 0 Å². The molecule has 0 spiro atoms. The molecule has 0 radical (unpaired) electrons. The SMILES string of the molecule is CC(Cn1ccnc1)C(=O)C(C)(C)C. The number of hydrogen-bond donors (Lipinski definition) is 0. The van der Waals surface area contributed by atoms with Crippen LogP contribution in [0, 0.1) is 11.3 Å². The van der Waals surface area contributed by atoms with E-state index >= 15 is 0 Å². The Morgan fingerprint density at radius 1 is 1.50 bits per heavy atom. The molecule has 0 aliphatic heterocycles. The van der Waals surface area contributed by atoms with Gasteiger partial charge in [0.2, 0.25) is 0 Å². The van der Waals surface area contributed by atoms with Gasteiger partial charge in [-0.2, -0.15) is 0 Å². The second kappa shape index (κ2) is 3.95. The van der Waals surface area contributed by atoms with Gasteiger partial charge in [-0.3, -0.25) is 4.79 Å². The van der Waals surface area contributed by atoms with E-state index in [2.05, 4.69) is 4.98 Å². The minimum atomic E-state index is -0.250. The lowest BCUT2D eigenvalue weighted by Crippen LogP contribution is -2.29. The van der Waals surface area contributed by atoms with Crippen LogP contribution >= 0.6 is 0 Å². The average molecular weight is 194 g/mol. The first kappa shape index (κ1) is 11.0. The van der Waals surface area contributed by atoms with Gasteiger partial charge in [-0.25, -0.2) is 4.98 Å². The van der Waals surface area contributed by atoms with Gasteiger partial charge in [0.1, 0.15) is 5.78 Å². The molecule has 0 aromatic carbocycles. The third kappa shape index (κ3) is 2.69. The fraction of sp³-hybridized carbons (Fsp3) is 0.636. The summed E-state index contributed by atoms with van der Waals surface area (Å²) in [5, 5.41) is 0. The van der Waals surface area contributed by atoms with E-state index in [0.29, 0.717) is 5.78 Å². The molecule has 0 aliphatic carbocycles. The molecule has 0 saturated heterocycles. The summed E-state index contributed by atoms with van der Waals surface area (Å²) in [6, 6.07) is 0. The Morgan fingerprint density at radius 2 is 2.14 bits per heavy atom. The number of carbonyl (C=O) groups excluding carboxylic acids is 1. The molecular weight excluding hydrogens is 176 g/mol. The van der Waals surface area contributed by atoms with Crippen LogP contribution in [-0.2, 0) is 11.3 Å². The van der Waals surface area contributed by atoms with Gasteiger partial charge >= 0.3 is 0 Å². The van der Waals surface area contributed by atoms with Crippen molar-refractivity contribution in [1.29, 1.82) is 0 Å². The lowest BCUT2D eigenvalue weighted by Gasteiger charge is -2.21. The van der Waals surface area contributed by atoms with E-state index in [-0.39, 0.29) is 11.3 Å². The molecule has 0 saturated carbocycles. The summed E-state index contributed by atoms with van der Waals surface area (Å²) < 4.78 is 1.94. The van der Waals surface area contributed by atoms with Gasteiger partial charge in [0, 0.05) is 30.3 Å². The van der Waals surface area contributed by atoms with Gasteiger partial charge in [-0.1, -0.05) is 27.7 Å². The second-order valence-corrected chi connectivity index (χ2v) is 4.77. The Labute approximate surface area is 85.2 Å². The van der Waals surface area contributed by atoms with E-state index in [0.717, 1.165) is 6.54 Å². The summed E-state index contributed by atoms with van der Waals surface area (Å²) in [7, 11) is 0. The number of hydrogen-bond acceptors (Lipinski definition) is 2. The zero-order valence-corrected chi connectivity index (χ0v) is 9.32. The fourth-order valence-corrected chi connectivity index (χ4v) is 1.53. The quantitative estimate of drug-likeness (QED) is 0.738. The molecule has 78 valence electrons. The maximum atomic E-state index is 11.9. The highest BCUT2D eigenvalue weighted by molar-refractivity contribution is 5.85. The van der Waals surface area contributed by atoms with Gasteiger partial charge < -0.3 is 4.57 Å². The molecule has 1 aromatic rings. The summed E-state index contributed by atoms with van der Waals surface area (Å²) >= 11 is 0. The molecule has 0 N–H and O–H groups in total. The van der Waals surface area contributed by atoms with Crippen LogP contribution in [0.3, 0.4) is 0 Å². The van der Waals surface area contributed by atoms with Crippen LogP contribution in [-0.4, -0.2) is 15.3 Å². The average Bonchev–Trinajstić information content (AvgIpc) is 2.53. The van der Waals surface area contributed by atoms with Crippen LogP contribution in [0.4, 0.5) is 0 Å². The molecule has 14 heavy (non-hydrogen) atoms. The highest BCUT2D eigenvalue weighted by Crippen LogP contribution is 2.20. The lowest BCUT2D eigenvalue weighted by atomic mass is 9.84. The third-order valence-corrected chi connectivity index (χ3v) is 2.23. The molecule has 1 rings (SSSR count). The number of imidazole rings is 1. The Hall–Kier alpha value is -1.12. The molecule has 1 unspecified atom stereocenters. The molecule has 0 aliphatic rings. The number of nitrogens with zero attached hydrogens (tertiary/aromatic N) is 2. The van der Waals surface area contributed by atoms with Crippen molar-refractivity contribution in [2.45, 2.75) is 34.2 Å². The smallest absolute Gasteiger partial charge is 0.142 e. The van der Waals surface area contributed by atoms with E-state index in [4.69, 9.17) is 0 Å². The Morgan fingerprint density at radius 3 is 2.57 bits per heavy atom. The first-order valence-electron chi connectivity index (χ1n) is 4.91. The standard InChI is InChI=1S/C11H18N2O/c1-9(10(14)11(2,3)4)7-13-6-5-12-8-13/h5-6,8-9H,7H2,1-4H3. The van der Waals surface area contributed by atoms with Gasteiger partial charge in [0.15, 0.2) is 0 Å². The third-order valence-electron chi connectivity index (χ3n) is 2.23. The predicted octanol–water partition coefficient (Wildman–Crippen LogP) is 2.13. The van der Waals surface area contributed by atoms with Crippen molar-refractivity contribution in [3.63, 3.8) is 0 Å². The van der Waals surface area contributed by atoms with Crippen LogP contribution in [0.15, 0.2) is 18.7 Å². The minimum absolute atomic E-state index is 0.0456. The Kier molecular flexibility index (Phi) is 3.09. The van der Waals surface area contributed by atoms with E-state index < -0.39 is 0 Å². The van der Waals surface area contributed by atoms with Gasteiger partial charge in [0.25, 0.3) is 0 Å². The lowest BCUT2D eigenvalue weighted by molar-refractivity contribution is -0.130. The first-order chi connectivity index (χ1) is 6.41. The van der Waals surface area contributed by atoms with Gasteiger partial charge in [-0.15, -0.1) is 0 Å².